The molecule has 1 atom stereocenters. The smallest absolute Gasteiger partial charge is 0.0805 e. The lowest BCUT2D eigenvalue weighted by Gasteiger charge is -2.19. The standard InChI is InChI=1S/C6H12O2.H3N/c7-5-6-3-1-2-4-8-6;/h6-7H,1-5H2;1H3. The second-order valence-electron chi connectivity index (χ2n) is 2.17. The lowest BCUT2D eigenvalue weighted by Crippen LogP contribution is -2.22. The van der Waals surface area contributed by atoms with E-state index in [9.17, 15) is 0 Å². The van der Waals surface area contributed by atoms with E-state index in [4.69, 9.17) is 9.84 Å². The molecule has 3 nitrogen and oxygen atoms in total. The molecule has 0 aromatic rings. The minimum absolute atomic E-state index is 0. The van der Waals surface area contributed by atoms with E-state index in [1.807, 2.05) is 0 Å². The molecule has 9 heavy (non-hydrogen) atoms. The molecule has 1 aliphatic heterocycles. The van der Waals surface area contributed by atoms with E-state index in [-0.39, 0.29) is 18.9 Å². The largest absolute Gasteiger partial charge is 0.394 e. The number of hydrogen-bond acceptors (Lipinski definition) is 3. The Balaban J connectivity index is 0.000000640. The topological polar surface area (TPSA) is 64.5 Å². The van der Waals surface area contributed by atoms with E-state index in [1.165, 1.54) is 6.42 Å². The van der Waals surface area contributed by atoms with Crippen LogP contribution >= 0.6 is 0 Å². The van der Waals surface area contributed by atoms with E-state index in [0.29, 0.717) is 0 Å². The summed E-state index contributed by atoms with van der Waals surface area (Å²) in [7, 11) is 0. The van der Waals surface area contributed by atoms with Crippen LogP contribution in [0, 0.1) is 0 Å². The van der Waals surface area contributed by atoms with E-state index < -0.39 is 0 Å². The highest BCUT2D eigenvalue weighted by atomic mass is 16.5. The van der Waals surface area contributed by atoms with Gasteiger partial charge in [0.2, 0.25) is 0 Å². The van der Waals surface area contributed by atoms with Gasteiger partial charge in [-0.05, 0) is 19.3 Å². The summed E-state index contributed by atoms with van der Waals surface area (Å²) in [5.74, 6) is 0. The van der Waals surface area contributed by atoms with Gasteiger partial charge in [0.05, 0.1) is 12.7 Å². The van der Waals surface area contributed by atoms with Crippen molar-refractivity contribution in [3.8, 4) is 0 Å². The Morgan fingerprint density at radius 3 is 2.56 bits per heavy atom. The van der Waals surface area contributed by atoms with Crippen LogP contribution in [-0.2, 0) is 4.74 Å². The van der Waals surface area contributed by atoms with Crippen LogP contribution in [-0.4, -0.2) is 24.4 Å². The molecule has 1 heterocycles. The number of hydrogen-bond donors (Lipinski definition) is 2. The monoisotopic (exact) mass is 133 g/mol. The third-order valence-corrected chi connectivity index (χ3v) is 1.48. The highest BCUT2D eigenvalue weighted by Gasteiger charge is 2.10. The molecule has 1 aliphatic rings. The van der Waals surface area contributed by atoms with Crippen LogP contribution in [0.4, 0.5) is 0 Å². The minimum Gasteiger partial charge on any atom is -0.394 e. The summed E-state index contributed by atoms with van der Waals surface area (Å²) in [6, 6.07) is 0. The molecule has 0 radical (unpaired) electrons. The number of rotatable bonds is 1. The van der Waals surface area contributed by atoms with Gasteiger partial charge in [0.15, 0.2) is 0 Å². The molecular weight excluding hydrogens is 118 g/mol. The molecule has 0 saturated carbocycles. The number of aliphatic hydroxyl groups is 1. The van der Waals surface area contributed by atoms with Crippen molar-refractivity contribution in [2.45, 2.75) is 25.4 Å². The minimum atomic E-state index is 0. The van der Waals surface area contributed by atoms with Gasteiger partial charge >= 0.3 is 0 Å². The number of ether oxygens (including phenoxy) is 1. The maximum Gasteiger partial charge on any atom is 0.0805 e. The summed E-state index contributed by atoms with van der Waals surface area (Å²) in [4.78, 5) is 0. The second kappa shape index (κ2) is 4.73. The first kappa shape index (κ1) is 8.88. The fourth-order valence-corrected chi connectivity index (χ4v) is 0.951. The Labute approximate surface area is 55.6 Å². The zero-order valence-electron chi connectivity index (χ0n) is 5.68. The Kier molecular flexibility index (Phi) is 4.67. The van der Waals surface area contributed by atoms with Gasteiger partial charge in [0, 0.05) is 6.61 Å². The summed E-state index contributed by atoms with van der Waals surface area (Å²) in [6.45, 7) is 1.03. The van der Waals surface area contributed by atoms with Crippen LogP contribution in [0.15, 0.2) is 0 Å². The van der Waals surface area contributed by atoms with Crippen LogP contribution < -0.4 is 6.15 Å². The molecule has 1 saturated heterocycles. The predicted molar refractivity (Wildman–Crippen MR) is 35.7 cm³/mol. The van der Waals surface area contributed by atoms with Gasteiger partial charge in [0.25, 0.3) is 0 Å². The van der Waals surface area contributed by atoms with Crippen LogP contribution in [0.1, 0.15) is 19.3 Å². The third kappa shape index (κ3) is 2.79. The lowest BCUT2D eigenvalue weighted by atomic mass is 10.1. The Hall–Kier alpha value is -0.120. The van der Waals surface area contributed by atoms with Gasteiger partial charge in [-0.25, -0.2) is 0 Å². The van der Waals surface area contributed by atoms with Crippen LogP contribution in [0.3, 0.4) is 0 Å². The summed E-state index contributed by atoms with van der Waals surface area (Å²) in [5, 5.41) is 8.57. The zero-order chi connectivity index (χ0) is 5.82. The lowest BCUT2D eigenvalue weighted by molar-refractivity contribution is -0.0172. The van der Waals surface area contributed by atoms with E-state index >= 15 is 0 Å². The maximum absolute atomic E-state index is 8.57. The normalized spacial score (nSPS) is 27.0. The average Bonchev–Trinajstić information content (AvgIpc) is 1.90. The highest BCUT2D eigenvalue weighted by Crippen LogP contribution is 2.10. The fourth-order valence-electron chi connectivity index (χ4n) is 0.951. The van der Waals surface area contributed by atoms with Gasteiger partial charge in [-0.15, -0.1) is 0 Å². The molecular formula is C6H15NO2. The average molecular weight is 133 g/mol. The zero-order valence-corrected chi connectivity index (χ0v) is 5.68. The van der Waals surface area contributed by atoms with Gasteiger partial charge in [-0.2, -0.15) is 0 Å². The second-order valence-corrected chi connectivity index (χ2v) is 2.17. The SMILES string of the molecule is N.OCC1CCCCO1. The van der Waals surface area contributed by atoms with Crippen molar-refractivity contribution >= 4 is 0 Å². The van der Waals surface area contributed by atoms with E-state index in [0.717, 1.165) is 19.4 Å². The molecule has 56 valence electrons. The first-order chi connectivity index (χ1) is 3.93. The van der Waals surface area contributed by atoms with Crippen molar-refractivity contribution in [2.24, 2.45) is 0 Å². The van der Waals surface area contributed by atoms with Crippen molar-refractivity contribution in [3.05, 3.63) is 0 Å². The van der Waals surface area contributed by atoms with Crippen LogP contribution in [0.2, 0.25) is 0 Å². The fraction of sp³-hybridized carbons (Fsp3) is 1.00. The van der Waals surface area contributed by atoms with Gasteiger partial charge in [-0.1, -0.05) is 0 Å². The molecule has 0 aliphatic carbocycles. The summed E-state index contributed by atoms with van der Waals surface area (Å²) in [5.41, 5.74) is 0. The molecule has 3 heteroatoms. The molecule has 1 unspecified atom stereocenters. The quantitative estimate of drug-likeness (QED) is 0.553. The molecule has 0 spiro atoms. The molecule has 0 amide bonds. The third-order valence-electron chi connectivity index (χ3n) is 1.48. The number of aliphatic hydroxyl groups excluding tert-OH is 1. The van der Waals surface area contributed by atoms with Crippen molar-refractivity contribution in [1.82, 2.24) is 6.15 Å². The highest BCUT2D eigenvalue weighted by molar-refractivity contribution is 4.60. The van der Waals surface area contributed by atoms with Gasteiger partial charge in [0.1, 0.15) is 0 Å². The van der Waals surface area contributed by atoms with E-state index in [2.05, 4.69) is 0 Å². The Morgan fingerprint density at radius 1 is 1.44 bits per heavy atom. The first-order valence-corrected chi connectivity index (χ1v) is 3.16. The van der Waals surface area contributed by atoms with Crippen molar-refractivity contribution in [3.63, 3.8) is 0 Å². The van der Waals surface area contributed by atoms with Crippen molar-refractivity contribution < 1.29 is 9.84 Å². The van der Waals surface area contributed by atoms with Crippen molar-refractivity contribution in [2.75, 3.05) is 13.2 Å². The van der Waals surface area contributed by atoms with Crippen LogP contribution in [0.25, 0.3) is 0 Å². The molecule has 0 bridgehead atoms. The van der Waals surface area contributed by atoms with Gasteiger partial charge in [-0.3, -0.25) is 0 Å². The molecule has 0 aromatic heterocycles. The maximum atomic E-state index is 8.57. The summed E-state index contributed by atoms with van der Waals surface area (Å²) in [6.07, 6.45) is 3.56. The molecule has 1 fully saturated rings. The molecule has 0 aromatic carbocycles. The predicted octanol–water partition coefficient (Wildman–Crippen LogP) is 0.710. The Morgan fingerprint density at radius 2 is 2.22 bits per heavy atom. The van der Waals surface area contributed by atoms with Gasteiger partial charge < -0.3 is 16.0 Å². The first-order valence-electron chi connectivity index (χ1n) is 3.16. The Bertz CT molecular complexity index is 62.1. The molecule has 4 N–H and O–H groups in total. The van der Waals surface area contributed by atoms with Crippen molar-refractivity contribution in [1.29, 1.82) is 0 Å². The van der Waals surface area contributed by atoms with E-state index in [1.54, 1.807) is 0 Å². The summed E-state index contributed by atoms with van der Waals surface area (Å²) < 4.78 is 5.18. The summed E-state index contributed by atoms with van der Waals surface area (Å²) >= 11 is 0. The van der Waals surface area contributed by atoms with Crippen LogP contribution in [0.5, 0.6) is 0 Å². The molecule has 1 rings (SSSR count).